The standard InChI is InChI=1S/C12H17FN2O2/c1-12(2,17-3)7-15-11(16)8-4-9(13)6-10(14)5-8/h4-6H,7,14H2,1-3H3,(H,15,16). The first kappa shape index (κ1) is 13.4. The van der Waals surface area contributed by atoms with Gasteiger partial charge in [0.2, 0.25) is 0 Å². The van der Waals surface area contributed by atoms with E-state index in [0.29, 0.717) is 6.54 Å². The van der Waals surface area contributed by atoms with Crippen LogP contribution in [0.25, 0.3) is 0 Å². The number of rotatable bonds is 4. The van der Waals surface area contributed by atoms with Crippen molar-refractivity contribution in [2.75, 3.05) is 19.4 Å². The zero-order valence-electron chi connectivity index (χ0n) is 10.2. The molecule has 1 amide bonds. The van der Waals surface area contributed by atoms with Gasteiger partial charge in [-0.15, -0.1) is 0 Å². The van der Waals surface area contributed by atoms with Gasteiger partial charge in [0.15, 0.2) is 0 Å². The van der Waals surface area contributed by atoms with Crippen LogP contribution < -0.4 is 11.1 Å². The van der Waals surface area contributed by atoms with Gasteiger partial charge in [-0.2, -0.15) is 0 Å². The molecular weight excluding hydrogens is 223 g/mol. The van der Waals surface area contributed by atoms with Crippen LogP contribution in [0.15, 0.2) is 18.2 Å². The third-order valence-electron chi connectivity index (χ3n) is 2.41. The molecule has 1 rings (SSSR count). The van der Waals surface area contributed by atoms with Crippen LogP contribution in [-0.4, -0.2) is 25.2 Å². The molecular formula is C12H17FN2O2. The number of carbonyl (C=O) groups is 1. The average molecular weight is 240 g/mol. The number of nitrogen functional groups attached to an aromatic ring is 1. The van der Waals surface area contributed by atoms with Crippen molar-refractivity contribution in [3.05, 3.63) is 29.6 Å². The molecule has 0 aromatic heterocycles. The van der Waals surface area contributed by atoms with E-state index < -0.39 is 11.4 Å². The maximum Gasteiger partial charge on any atom is 0.251 e. The fourth-order valence-corrected chi connectivity index (χ4v) is 1.21. The van der Waals surface area contributed by atoms with Gasteiger partial charge in [0.05, 0.1) is 5.60 Å². The second-order valence-electron chi connectivity index (χ2n) is 4.42. The van der Waals surface area contributed by atoms with Crippen molar-refractivity contribution in [2.24, 2.45) is 0 Å². The molecule has 4 nitrogen and oxygen atoms in total. The van der Waals surface area contributed by atoms with Gasteiger partial charge in [-0.1, -0.05) is 0 Å². The number of ether oxygens (including phenoxy) is 1. The van der Waals surface area contributed by atoms with Crippen molar-refractivity contribution in [1.29, 1.82) is 0 Å². The van der Waals surface area contributed by atoms with Crippen LogP contribution in [0.1, 0.15) is 24.2 Å². The molecule has 0 spiro atoms. The SMILES string of the molecule is COC(C)(C)CNC(=O)c1cc(N)cc(F)c1. The van der Waals surface area contributed by atoms with Gasteiger partial charge in [0.25, 0.3) is 5.91 Å². The average Bonchev–Trinajstić information content (AvgIpc) is 2.24. The highest BCUT2D eigenvalue weighted by molar-refractivity contribution is 5.95. The third-order valence-corrected chi connectivity index (χ3v) is 2.41. The van der Waals surface area contributed by atoms with Gasteiger partial charge in [-0.3, -0.25) is 4.79 Å². The number of carbonyl (C=O) groups excluding carboxylic acids is 1. The Kier molecular flexibility index (Phi) is 4.07. The van der Waals surface area contributed by atoms with Crippen LogP contribution in [0.3, 0.4) is 0 Å². The molecule has 0 unspecified atom stereocenters. The number of nitrogens with two attached hydrogens (primary N) is 1. The largest absolute Gasteiger partial charge is 0.399 e. The van der Waals surface area contributed by atoms with Crippen molar-refractivity contribution in [3.63, 3.8) is 0 Å². The molecule has 1 aromatic rings. The predicted molar refractivity (Wildman–Crippen MR) is 64.2 cm³/mol. The summed E-state index contributed by atoms with van der Waals surface area (Å²) in [7, 11) is 1.56. The Balaban J connectivity index is 2.70. The Morgan fingerprint density at radius 1 is 1.47 bits per heavy atom. The molecule has 0 atom stereocenters. The number of nitrogens with one attached hydrogen (secondary N) is 1. The molecule has 0 aliphatic carbocycles. The van der Waals surface area contributed by atoms with Crippen molar-refractivity contribution in [3.8, 4) is 0 Å². The summed E-state index contributed by atoms with van der Waals surface area (Å²) >= 11 is 0. The van der Waals surface area contributed by atoms with Crippen LogP contribution in [0.4, 0.5) is 10.1 Å². The number of halogens is 1. The molecule has 0 radical (unpaired) electrons. The second kappa shape index (κ2) is 5.14. The lowest BCUT2D eigenvalue weighted by molar-refractivity contribution is 0.0229. The maximum absolute atomic E-state index is 13.0. The topological polar surface area (TPSA) is 64.3 Å². The monoisotopic (exact) mass is 240 g/mol. The molecule has 17 heavy (non-hydrogen) atoms. The number of hydrogen-bond acceptors (Lipinski definition) is 3. The highest BCUT2D eigenvalue weighted by Crippen LogP contribution is 2.11. The van der Waals surface area contributed by atoms with Crippen LogP contribution >= 0.6 is 0 Å². The first-order chi connectivity index (χ1) is 7.84. The van der Waals surface area contributed by atoms with E-state index in [2.05, 4.69) is 5.32 Å². The van der Waals surface area contributed by atoms with E-state index in [0.717, 1.165) is 12.1 Å². The van der Waals surface area contributed by atoms with E-state index in [1.54, 1.807) is 7.11 Å². The number of amides is 1. The lowest BCUT2D eigenvalue weighted by Gasteiger charge is -2.23. The molecule has 0 aliphatic rings. The molecule has 1 aromatic carbocycles. The van der Waals surface area contributed by atoms with Crippen LogP contribution in [0.5, 0.6) is 0 Å². The minimum atomic E-state index is -0.527. The lowest BCUT2D eigenvalue weighted by atomic mass is 10.1. The minimum Gasteiger partial charge on any atom is -0.399 e. The summed E-state index contributed by atoms with van der Waals surface area (Å²) in [6.07, 6.45) is 0. The van der Waals surface area contributed by atoms with Crippen molar-refractivity contribution < 1.29 is 13.9 Å². The smallest absolute Gasteiger partial charge is 0.251 e. The van der Waals surface area contributed by atoms with E-state index in [1.165, 1.54) is 6.07 Å². The fraction of sp³-hybridized carbons (Fsp3) is 0.417. The Bertz CT molecular complexity index is 399. The van der Waals surface area contributed by atoms with E-state index in [-0.39, 0.29) is 17.2 Å². The highest BCUT2D eigenvalue weighted by atomic mass is 19.1. The van der Waals surface area contributed by atoms with Crippen molar-refractivity contribution in [1.82, 2.24) is 5.32 Å². The molecule has 94 valence electrons. The molecule has 5 heteroatoms. The van der Waals surface area contributed by atoms with Gasteiger partial charge in [0, 0.05) is 24.9 Å². The number of benzene rings is 1. The Hall–Kier alpha value is -1.62. The van der Waals surface area contributed by atoms with Crippen LogP contribution in [0, 0.1) is 5.82 Å². The summed E-state index contributed by atoms with van der Waals surface area (Å²) < 4.78 is 18.2. The summed E-state index contributed by atoms with van der Waals surface area (Å²) in [4.78, 5) is 11.7. The zero-order chi connectivity index (χ0) is 13.1. The molecule has 0 saturated heterocycles. The van der Waals surface area contributed by atoms with Gasteiger partial charge in [-0.25, -0.2) is 4.39 Å². The Labute approximate surface area is 100.0 Å². The highest BCUT2D eigenvalue weighted by Gasteiger charge is 2.18. The summed E-state index contributed by atoms with van der Waals surface area (Å²) in [6.45, 7) is 4.01. The Morgan fingerprint density at radius 2 is 2.12 bits per heavy atom. The van der Waals surface area contributed by atoms with Crippen LogP contribution in [-0.2, 0) is 4.74 Å². The Morgan fingerprint density at radius 3 is 2.65 bits per heavy atom. The molecule has 0 aliphatic heterocycles. The van der Waals surface area contributed by atoms with E-state index in [4.69, 9.17) is 10.5 Å². The van der Waals surface area contributed by atoms with E-state index in [1.807, 2.05) is 13.8 Å². The van der Waals surface area contributed by atoms with Gasteiger partial charge in [-0.05, 0) is 32.0 Å². The first-order valence-electron chi connectivity index (χ1n) is 5.23. The van der Waals surface area contributed by atoms with Gasteiger partial charge < -0.3 is 15.8 Å². The second-order valence-corrected chi connectivity index (χ2v) is 4.42. The predicted octanol–water partition coefficient (Wildman–Crippen LogP) is 1.56. The number of anilines is 1. The normalized spacial score (nSPS) is 11.3. The van der Waals surface area contributed by atoms with Crippen molar-refractivity contribution in [2.45, 2.75) is 19.4 Å². The van der Waals surface area contributed by atoms with E-state index in [9.17, 15) is 9.18 Å². The quantitative estimate of drug-likeness (QED) is 0.785. The number of hydrogen-bond donors (Lipinski definition) is 2. The summed E-state index contributed by atoms with van der Waals surface area (Å²) in [5.74, 6) is -0.900. The first-order valence-corrected chi connectivity index (χ1v) is 5.23. The molecule has 0 bridgehead atoms. The number of methoxy groups -OCH3 is 1. The lowest BCUT2D eigenvalue weighted by Crippen LogP contribution is -2.39. The fourth-order valence-electron chi connectivity index (χ4n) is 1.21. The minimum absolute atomic E-state index is 0.203. The van der Waals surface area contributed by atoms with E-state index >= 15 is 0 Å². The molecule has 0 heterocycles. The maximum atomic E-state index is 13.0. The zero-order valence-corrected chi connectivity index (χ0v) is 10.2. The van der Waals surface area contributed by atoms with Gasteiger partial charge >= 0.3 is 0 Å². The van der Waals surface area contributed by atoms with Crippen molar-refractivity contribution >= 4 is 11.6 Å². The molecule has 0 saturated carbocycles. The summed E-state index contributed by atoms with van der Waals surface area (Å²) in [5.41, 5.74) is 5.42. The van der Waals surface area contributed by atoms with Crippen LogP contribution in [0.2, 0.25) is 0 Å². The third kappa shape index (κ3) is 4.03. The molecule has 3 N–H and O–H groups in total. The van der Waals surface area contributed by atoms with Gasteiger partial charge in [0.1, 0.15) is 5.82 Å². The summed E-state index contributed by atoms with van der Waals surface area (Å²) in [6, 6.07) is 3.74. The summed E-state index contributed by atoms with van der Waals surface area (Å²) in [5, 5.41) is 2.66. The molecule has 0 fully saturated rings.